The molecule has 1 fully saturated rings. The van der Waals surface area contributed by atoms with Crippen LogP contribution in [0.3, 0.4) is 0 Å². The van der Waals surface area contributed by atoms with Crippen LogP contribution in [0, 0.1) is 5.82 Å². The second kappa shape index (κ2) is 7.66. The Hall–Kier alpha value is -1.78. The number of hydrogen-bond donors (Lipinski definition) is 1. The van der Waals surface area contributed by atoms with Crippen molar-refractivity contribution < 1.29 is 4.39 Å². The zero-order valence-corrected chi connectivity index (χ0v) is 13.4. The Bertz CT molecular complexity index is 592. The normalized spacial score (nSPS) is 21.5. The lowest BCUT2D eigenvalue weighted by molar-refractivity contribution is 0.134. The van der Waals surface area contributed by atoms with E-state index in [9.17, 15) is 4.39 Å². The summed E-state index contributed by atoms with van der Waals surface area (Å²) in [5, 5.41) is 0. The predicted molar refractivity (Wildman–Crippen MR) is 90.1 cm³/mol. The zero-order chi connectivity index (χ0) is 16.1. The fourth-order valence-electron chi connectivity index (χ4n) is 3.33. The Labute approximate surface area is 137 Å². The SMILES string of the molecule is NC1CCC(N(Cc2ccncc2)Cc2ccc(F)cc2)CC1. The first-order valence-electron chi connectivity index (χ1n) is 8.33. The lowest BCUT2D eigenvalue weighted by Gasteiger charge is -2.36. The second-order valence-corrected chi connectivity index (χ2v) is 6.46. The molecule has 0 amide bonds. The Morgan fingerprint density at radius 3 is 2.09 bits per heavy atom. The molecule has 0 atom stereocenters. The summed E-state index contributed by atoms with van der Waals surface area (Å²) in [4.78, 5) is 6.59. The maximum atomic E-state index is 13.1. The Morgan fingerprint density at radius 2 is 1.48 bits per heavy atom. The molecule has 2 N–H and O–H groups in total. The van der Waals surface area contributed by atoms with Gasteiger partial charge < -0.3 is 5.73 Å². The van der Waals surface area contributed by atoms with E-state index in [-0.39, 0.29) is 5.82 Å². The lowest BCUT2D eigenvalue weighted by atomic mass is 9.90. The van der Waals surface area contributed by atoms with Gasteiger partial charge in [0.1, 0.15) is 5.82 Å². The van der Waals surface area contributed by atoms with E-state index >= 15 is 0 Å². The molecule has 1 saturated carbocycles. The molecule has 122 valence electrons. The third-order valence-electron chi connectivity index (χ3n) is 4.69. The van der Waals surface area contributed by atoms with Gasteiger partial charge in [0, 0.05) is 37.6 Å². The molecule has 1 aromatic heterocycles. The minimum atomic E-state index is -0.182. The first-order chi connectivity index (χ1) is 11.2. The van der Waals surface area contributed by atoms with Crippen molar-refractivity contribution >= 4 is 0 Å². The third kappa shape index (κ3) is 4.60. The summed E-state index contributed by atoms with van der Waals surface area (Å²) in [6, 6.07) is 11.8. The van der Waals surface area contributed by atoms with Gasteiger partial charge in [-0.2, -0.15) is 0 Å². The van der Waals surface area contributed by atoms with Crippen molar-refractivity contribution in [3.8, 4) is 0 Å². The van der Waals surface area contributed by atoms with Crippen LogP contribution in [-0.2, 0) is 13.1 Å². The smallest absolute Gasteiger partial charge is 0.123 e. The van der Waals surface area contributed by atoms with Gasteiger partial charge in [-0.05, 0) is 61.1 Å². The van der Waals surface area contributed by atoms with Crippen molar-refractivity contribution in [2.75, 3.05) is 0 Å². The van der Waals surface area contributed by atoms with Gasteiger partial charge in [-0.15, -0.1) is 0 Å². The highest BCUT2D eigenvalue weighted by Crippen LogP contribution is 2.25. The molecule has 1 aromatic carbocycles. The Kier molecular flexibility index (Phi) is 5.36. The van der Waals surface area contributed by atoms with Gasteiger partial charge in [0.25, 0.3) is 0 Å². The molecule has 0 radical (unpaired) electrons. The molecular formula is C19H24FN3. The molecule has 0 saturated heterocycles. The number of hydrogen-bond acceptors (Lipinski definition) is 3. The number of benzene rings is 1. The van der Waals surface area contributed by atoms with Crippen molar-refractivity contribution in [3.63, 3.8) is 0 Å². The first-order valence-corrected chi connectivity index (χ1v) is 8.33. The fourth-order valence-corrected chi connectivity index (χ4v) is 3.33. The van der Waals surface area contributed by atoms with Crippen LogP contribution in [0.1, 0.15) is 36.8 Å². The number of aromatic nitrogens is 1. The van der Waals surface area contributed by atoms with Crippen LogP contribution >= 0.6 is 0 Å². The quantitative estimate of drug-likeness (QED) is 0.919. The molecule has 3 rings (SSSR count). The van der Waals surface area contributed by atoms with Gasteiger partial charge in [-0.25, -0.2) is 4.39 Å². The van der Waals surface area contributed by atoms with Crippen molar-refractivity contribution in [1.82, 2.24) is 9.88 Å². The Morgan fingerprint density at radius 1 is 0.913 bits per heavy atom. The number of nitrogens with two attached hydrogens (primary N) is 1. The van der Waals surface area contributed by atoms with Crippen molar-refractivity contribution in [2.45, 2.75) is 50.9 Å². The molecule has 2 aromatic rings. The molecule has 1 heterocycles. The summed E-state index contributed by atoms with van der Waals surface area (Å²) in [7, 11) is 0. The van der Waals surface area contributed by atoms with Crippen LogP contribution in [0.2, 0.25) is 0 Å². The fraction of sp³-hybridized carbons (Fsp3) is 0.421. The second-order valence-electron chi connectivity index (χ2n) is 6.46. The topological polar surface area (TPSA) is 42.1 Å². The van der Waals surface area contributed by atoms with Crippen LogP contribution in [0.5, 0.6) is 0 Å². The maximum absolute atomic E-state index is 13.1. The van der Waals surface area contributed by atoms with Crippen LogP contribution in [0.4, 0.5) is 4.39 Å². The molecule has 1 aliphatic rings. The zero-order valence-electron chi connectivity index (χ0n) is 13.4. The summed E-state index contributed by atoms with van der Waals surface area (Å²) < 4.78 is 13.1. The largest absolute Gasteiger partial charge is 0.328 e. The molecular weight excluding hydrogens is 289 g/mol. The predicted octanol–water partition coefficient (Wildman–Crippen LogP) is 3.49. The summed E-state index contributed by atoms with van der Waals surface area (Å²) in [5.74, 6) is -0.182. The van der Waals surface area contributed by atoms with E-state index in [4.69, 9.17) is 5.73 Å². The van der Waals surface area contributed by atoms with Crippen molar-refractivity contribution in [1.29, 1.82) is 0 Å². The molecule has 1 aliphatic carbocycles. The molecule has 0 bridgehead atoms. The minimum absolute atomic E-state index is 0.182. The standard InChI is InChI=1S/C19H24FN3/c20-17-3-1-15(2-4-17)13-23(14-16-9-11-22-12-10-16)19-7-5-18(21)6-8-19/h1-4,9-12,18-19H,5-8,13-14,21H2. The third-order valence-corrected chi connectivity index (χ3v) is 4.69. The lowest BCUT2D eigenvalue weighted by Crippen LogP contribution is -2.40. The molecule has 23 heavy (non-hydrogen) atoms. The average molecular weight is 313 g/mol. The van der Waals surface area contributed by atoms with E-state index in [1.54, 1.807) is 0 Å². The number of rotatable bonds is 5. The highest BCUT2D eigenvalue weighted by atomic mass is 19.1. The highest BCUT2D eigenvalue weighted by Gasteiger charge is 2.24. The van der Waals surface area contributed by atoms with E-state index in [1.165, 1.54) is 17.7 Å². The van der Waals surface area contributed by atoms with Crippen LogP contribution in [-0.4, -0.2) is 22.0 Å². The van der Waals surface area contributed by atoms with Crippen LogP contribution in [0.25, 0.3) is 0 Å². The van der Waals surface area contributed by atoms with Gasteiger partial charge in [-0.3, -0.25) is 9.88 Å². The molecule has 0 spiro atoms. The molecule has 4 heteroatoms. The summed E-state index contributed by atoms with van der Waals surface area (Å²) in [5.41, 5.74) is 8.46. The first kappa shape index (κ1) is 16.1. The van der Waals surface area contributed by atoms with Crippen LogP contribution < -0.4 is 5.73 Å². The van der Waals surface area contributed by atoms with Gasteiger partial charge in [-0.1, -0.05) is 12.1 Å². The average Bonchev–Trinajstić information content (AvgIpc) is 2.58. The Balaban J connectivity index is 1.73. The molecule has 0 unspecified atom stereocenters. The van der Waals surface area contributed by atoms with E-state index in [0.717, 1.165) is 44.3 Å². The van der Waals surface area contributed by atoms with Crippen molar-refractivity contribution in [2.24, 2.45) is 5.73 Å². The molecule has 3 nitrogen and oxygen atoms in total. The van der Waals surface area contributed by atoms with E-state index in [0.29, 0.717) is 12.1 Å². The van der Waals surface area contributed by atoms with Crippen molar-refractivity contribution in [3.05, 3.63) is 65.7 Å². The molecule has 0 aliphatic heterocycles. The minimum Gasteiger partial charge on any atom is -0.328 e. The number of nitrogens with zero attached hydrogens (tertiary/aromatic N) is 2. The van der Waals surface area contributed by atoms with E-state index in [2.05, 4.69) is 22.0 Å². The number of pyridine rings is 1. The summed E-state index contributed by atoms with van der Waals surface area (Å²) >= 11 is 0. The summed E-state index contributed by atoms with van der Waals surface area (Å²) in [6.07, 6.45) is 8.10. The van der Waals surface area contributed by atoms with Gasteiger partial charge in [0.05, 0.1) is 0 Å². The highest BCUT2D eigenvalue weighted by molar-refractivity contribution is 5.17. The number of halogens is 1. The van der Waals surface area contributed by atoms with Gasteiger partial charge in [0.2, 0.25) is 0 Å². The van der Waals surface area contributed by atoms with E-state index in [1.807, 2.05) is 24.5 Å². The van der Waals surface area contributed by atoms with Crippen LogP contribution in [0.15, 0.2) is 48.8 Å². The van der Waals surface area contributed by atoms with Gasteiger partial charge in [0.15, 0.2) is 0 Å². The summed E-state index contributed by atoms with van der Waals surface area (Å²) in [6.45, 7) is 1.72. The monoisotopic (exact) mass is 313 g/mol. The maximum Gasteiger partial charge on any atom is 0.123 e. The van der Waals surface area contributed by atoms with Gasteiger partial charge >= 0.3 is 0 Å². The van der Waals surface area contributed by atoms with E-state index < -0.39 is 0 Å².